The van der Waals surface area contributed by atoms with Crippen LogP contribution in [0.1, 0.15) is 15.9 Å². The van der Waals surface area contributed by atoms with Gasteiger partial charge in [0, 0.05) is 29.4 Å². The lowest BCUT2D eigenvalue weighted by Gasteiger charge is -2.08. The molecule has 4 heteroatoms. The molecule has 0 aliphatic heterocycles. The zero-order valence-corrected chi connectivity index (χ0v) is 11.4. The Balaban J connectivity index is 1.79. The Kier molecular flexibility index (Phi) is 3.51. The van der Waals surface area contributed by atoms with E-state index in [9.17, 15) is 4.79 Å². The van der Waals surface area contributed by atoms with Crippen LogP contribution in [0.5, 0.6) is 0 Å². The number of nitrogen functional groups attached to an aromatic ring is 1. The highest BCUT2D eigenvalue weighted by Crippen LogP contribution is 2.16. The minimum atomic E-state index is -0.106. The summed E-state index contributed by atoms with van der Waals surface area (Å²) in [6.07, 6.45) is 1.72. The van der Waals surface area contributed by atoms with Crippen molar-refractivity contribution >= 4 is 22.5 Å². The largest absolute Gasteiger partial charge is 0.399 e. The number of anilines is 1. The molecule has 21 heavy (non-hydrogen) atoms. The van der Waals surface area contributed by atoms with Crippen molar-refractivity contribution in [1.29, 1.82) is 0 Å². The molecule has 4 nitrogen and oxygen atoms in total. The van der Waals surface area contributed by atoms with Gasteiger partial charge in [0.1, 0.15) is 0 Å². The zero-order chi connectivity index (χ0) is 14.7. The van der Waals surface area contributed by atoms with Crippen LogP contribution in [0, 0.1) is 0 Å². The third-order valence-electron chi connectivity index (χ3n) is 3.32. The lowest BCUT2D eigenvalue weighted by molar-refractivity contribution is 0.0952. The first kappa shape index (κ1) is 13.1. The molecule has 0 bridgehead atoms. The van der Waals surface area contributed by atoms with Crippen molar-refractivity contribution in [2.75, 3.05) is 5.73 Å². The third-order valence-corrected chi connectivity index (χ3v) is 3.32. The van der Waals surface area contributed by atoms with Crippen LogP contribution in [0.15, 0.2) is 60.8 Å². The Hall–Kier alpha value is -2.88. The number of carbonyl (C=O) groups is 1. The predicted octanol–water partition coefficient (Wildman–Crippen LogP) is 2.75. The number of hydrogen-bond donors (Lipinski definition) is 2. The fourth-order valence-electron chi connectivity index (χ4n) is 2.21. The van der Waals surface area contributed by atoms with Crippen LogP contribution in [-0.2, 0) is 6.54 Å². The van der Waals surface area contributed by atoms with E-state index in [0.29, 0.717) is 17.8 Å². The highest BCUT2D eigenvalue weighted by molar-refractivity contribution is 6.06. The number of benzene rings is 2. The van der Waals surface area contributed by atoms with E-state index in [2.05, 4.69) is 10.3 Å². The van der Waals surface area contributed by atoms with E-state index >= 15 is 0 Å². The summed E-state index contributed by atoms with van der Waals surface area (Å²) in [7, 11) is 0. The molecule has 2 aromatic carbocycles. The standard InChI is InChI=1S/C17H15N3O/c18-13-8-6-12(7-9-13)11-20-17(21)15-3-1-5-16-14(15)4-2-10-19-16/h1-10H,11,18H2,(H,20,21). The van der Waals surface area contributed by atoms with Crippen molar-refractivity contribution < 1.29 is 4.79 Å². The summed E-state index contributed by atoms with van der Waals surface area (Å²) in [6, 6.07) is 16.7. The maximum absolute atomic E-state index is 12.3. The van der Waals surface area contributed by atoms with Crippen molar-refractivity contribution in [3.8, 4) is 0 Å². The number of hydrogen-bond acceptors (Lipinski definition) is 3. The second kappa shape index (κ2) is 5.63. The number of fused-ring (bicyclic) bond motifs is 1. The molecule has 1 aromatic heterocycles. The number of nitrogens with one attached hydrogen (secondary N) is 1. The number of nitrogens with two attached hydrogens (primary N) is 1. The Morgan fingerprint density at radius 3 is 2.67 bits per heavy atom. The van der Waals surface area contributed by atoms with Gasteiger partial charge >= 0.3 is 0 Å². The molecule has 0 fully saturated rings. The van der Waals surface area contributed by atoms with E-state index < -0.39 is 0 Å². The number of amides is 1. The SMILES string of the molecule is Nc1ccc(CNC(=O)c2cccc3ncccc23)cc1. The van der Waals surface area contributed by atoms with Gasteiger partial charge in [0.15, 0.2) is 0 Å². The second-order valence-electron chi connectivity index (χ2n) is 4.80. The number of carbonyl (C=O) groups excluding carboxylic acids is 1. The zero-order valence-electron chi connectivity index (χ0n) is 11.4. The molecular formula is C17H15N3O. The minimum Gasteiger partial charge on any atom is -0.399 e. The summed E-state index contributed by atoms with van der Waals surface area (Å²) in [5.41, 5.74) is 8.82. The Bertz CT molecular complexity index is 776. The highest BCUT2D eigenvalue weighted by atomic mass is 16.1. The molecule has 1 heterocycles. The molecule has 0 aliphatic carbocycles. The summed E-state index contributed by atoms with van der Waals surface area (Å²) in [5.74, 6) is -0.106. The molecule has 3 aromatic rings. The van der Waals surface area contributed by atoms with Crippen LogP contribution in [0.2, 0.25) is 0 Å². The molecule has 1 amide bonds. The molecule has 0 unspecified atom stereocenters. The molecular weight excluding hydrogens is 262 g/mol. The van der Waals surface area contributed by atoms with Gasteiger partial charge in [-0.15, -0.1) is 0 Å². The summed E-state index contributed by atoms with van der Waals surface area (Å²) >= 11 is 0. The fourth-order valence-corrected chi connectivity index (χ4v) is 2.21. The van der Waals surface area contributed by atoms with Crippen molar-refractivity contribution in [2.24, 2.45) is 0 Å². The van der Waals surface area contributed by atoms with Gasteiger partial charge < -0.3 is 11.1 Å². The molecule has 0 saturated heterocycles. The van der Waals surface area contributed by atoms with Crippen LogP contribution < -0.4 is 11.1 Å². The van der Waals surface area contributed by atoms with E-state index in [0.717, 1.165) is 16.5 Å². The Morgan fingerprint density at radius 1 is 1.05 bits per heavy atom. The predicted molar refractivity (Wildman–Crippen MR) is 83.8 cm³/mol. The van der Waals surface area contributed by atoms with E-state index in [4.69, 9.17) is 5.73 Å². The Labute approximate surface area is 122 Å². The number of rotatable bonds is 3. The average molecular weight is 277 g/mol. The van der Waals surface area contributed by atoms with Gasteiger partial charge in [-0.2, -0.15) is 0 Å². The van der Waals surface area contributed by atoms with E-state index in [1.54, 1.807) is 6.20 Å². The summed E-state index contributed by atoms with van der Waals surface area (Å²) in [6.45, 7) is 0.468. The number of aromatic nitrogens is 1. The first-order chi connectivity index (χ1) is 10.2. The smallest absolute Gasteiger partial charge is 0.252 e. The Morgan fingerprint density at radius 2 is 1.86 bits per heavy atom. The molecule has 104 valence electrons. The monoisotopic (exact) mass is 277 g/mol. The molecule has 3 rings (SSSR count). The summed E-state index contributed by atoms with van der Waals surface area (Å²) in [4.78, 5) is 16.6. The molecule has 0 saturated carbocycles. The normalized spacial score (nSPS) is 10.5. The topological polar surface area (TPSA) is 68.0 Å². The average Bonchev–Trinajstić information content (AvgIpc) is 2.53. The molecule has 0 atom stereocenters. The molecule has 3 N–H and O–H groups in total. The lowest BCUT2D eigenvalue weighted by Crippen LogP contribution is -2.23. The van der Waals surface area contributed by atoms with Crippen LogP contribution in [0.25, 0.3) is 10.9 Å². The van der Waals surface area contributed by atoms with Gasteiger partial charge in [-0.25, -0.2) is 0 Å². The van der Waals surface area contributed by atoms with Gasteiger partial charge in [-0.3, -0.25) is 9.78 Å². The van der Waals surface area contributed by atoms with Crippen LogP contribution in [0.3, 0.4) is 0 Å². The van der Waals surface area contributed by atoms with E-state index in [-0.39, 0.29) is 5.91 Å². The lowest BCUT2D eigenvalue weighted by atomic mass is 10.1. The van der Waals surface area contributed by atoms with Crippen molar-refractivity contribution in [1.82, 2.24) is 10.3 Å². The molecule has 0 spiro atoms. The number of nitrogens with zero attached hydrogens (tertiary/aromatic N) is 1. The quantitative estimate of drug-likeness (QED) is 0.723. The van der Waals surface area contributed by atoms with Gasteiger partial charge in [-0.1, -0.05) is 24.3 Å². The van der Waals surface area contributed by atoms with Gasteiger partial charge in [0.2, 0.25) is 0 Å². The van der Waals surface area contributed by atoms with Gasteiger partial charge in [-0.05, 0) is 35.9 Å². The van der Waals surface area contributed by atoms with Crippen molar-refractivity contribution in [3.05, 3.63) is 71.9 Å². The maximum atomic E-state index is 12.3. The second-order valence-corrected chi connectivity index (χ2v) is 4.80. The number of pyridine rings is 1. The maximum Gasteiger partial charge on any atom is 0.252 e. The van der Waals surface area contributed by atoms with Crippen LogP contribution in [0.4, 0.5) is 5.69 Å². The fraction of sp³-hybridized carbons (Fsp3) is 0.0588. The minimum absolute atomic E-state index is 0.106. The first-order valence-electron chi connectivity index (χ1n) is 6.70. The van der Waals surface area contributed by atoms with Crippen LogP contribution in [-0.4, -0.2) is 10.9 Å². The summed E-state index contributed by atoms with van der Waals surface area (Å²) < 4.78 is 0. The molecule has 0 aliphatic rings. The van der Waals surface area contributed by atoms with Gasteiger partial charge in [0.05, 0.1) is 5.52 Å². The first-order valence-corrected chi connectivity index (χ1v) is 6.70. The van der Waals surface area contributed by atoms with Crippen molar-refractivity contribution in [3.63, 3.8) is 0 Å². The summed E-state index contributed by atoms with van der Waals surface area (Å²) in [5, 5.41) is 3.78. The van der Waals surface area contributed by atoms with Crippen molar-refractivity contribution in [2.45, 2.75) is 6.54 Å². The van der Waals surface area contributed by atoms with E-state index in [1.807, 2.05) is 54.6 Å². The van der Waals surface area contributed by atoms with Gasteiger partial charge in [0.25, 0.3) is 5.91 Å². The van der Waals surface area contributed by atoms with Crippen LogP contribution >= 0.6 is 0 Å². The van der Waals surface area contributed by atoms with E-state index in [1.165, 1.54) is 0 Å². The third kappa shape index (κ3) is 2.84. The highest BCUT2D eigenvalue weighted by Gasteiger charge is 2.09. The molecule has 0 radical (unpaired) electrons.